The van der Waals surface area contributed by atoms with Gasteiger partial charge < -0.3 is 9.64 Å². The fourth-order valence-corrected chi connectivity index (χ4v) is 1.81. The number of hydrogen-bond donors (Lipinski definition) is 0. The van der Waals surface area contributed by atoms with Crippen LogP contribution in [-0.4, -0.2) is 24.6 Å². The Morgan fingerprint density at radius 2 is 1.87 bits per heavy atom. The van der Waals surface area contributed by atoms with Gasteiger partial charge in [-0.25, -0.2) is 0 Å². The van der Waals surface area contributed by atoms with Crippen LogP contribution in [0.4, 0.5) is 0 Å². The number of likely N-dealkylation sites (tertiary alicyclic amines) is 1. The van der Waals surface area contributed by atoms with Gasteiger partial charge in [-0.1, -0.05) is 24.8 Å². The Morgan fingerprint density at radius 3 is 2.53 bits per heavy atom. The lowest BCUT2D eigenvalue weighted by Gasteiger charge is -2.20. The van der Waals surface area contributed by atoms with E-state index in [4.69, 9.17) is 4.74 Å². The molecule has 0 amide bonds. The maximum absolute atomic E-state index is 5.64. The molecule has 0 saturated carbocycles. The molecule has 0 unspecified atom stereocenters. The first-order chi connectivity index (χ1) is 7.36. The molecule has 1 aromatic carbocycles. The molecular weight excluding hydrogens is 186 g/mol. The maximum atomic E-state index is 5.64. The maximum Gasteiger partial charge on any atom is 0.127 e. The van der Waals surface area contributed by atoms with Gasteiger partial charge in [-0.15, -0.1) is 0 Å². The summed E-state index contributed by atoms with van der Waals surface area (Å²) in [6, 6.07) is 9.89. The highest BCUT2D eigenvalue weighted by atomic mass is 16.5. The van der Waals surface area contributed by atoms with Crippen LogP contribution in [0.15, 0.2) is 42.6 Å². The standard InChI is InChI=1S/C13H17NO/c1-12(14-9-5-6-10-14)11-15-13-7-3-2-4-8-13/h2-4,7-8H,1,5-6,9-11H2. The van der Waals surface area contributed by atoms with Crippen LogP contribution in [0.25, 0.3) is 0 Å². The van der Waals surface area contributed by atoms with Crippen molar-refractivity contribution in [2.24, 2.45) is 0 Å². The second-order valence-corrected chi connectivity index (χ2v) is 3.86. The monoisotopic (exact) mass is 203 g/mol. The summed E-state index contributed by atoms with van der Waals surface area (Å²) in [7, 11) is 0. The van der Waals surface area contributed by atoms with Gasteiger partial charge in [0, 0.05) is 18.8 Å². The van der Waals surface area contributed by atoms with E-state index in [1.165, 1.54) is 12.8 Å². The molecule has 0 N–H and O–H groups in total. The van der Waals surface area contributed by atoms with E-state index >= 15 is 0 Å². The normalized spacial score (nSPS) is 15.3. The van der Waals surface area contributed by atoms with E-state index in [-0.39, 0.29) is 0 Å². The number of rotatable bonds is 4. The summed E-state index contributed by atoms with van der Waals surface area (Å²) < 4.78 is 5.64. The first-order valence-electron chi connectivity index (χ1n) is 5.47. The second kappa shape index (κ2) is 4.87. The Kier molecular flexibility index (Phi) is 3.28. The topological polar surface area (TPSA) is 12.5 Å². The quantitative estimate of drug-likeness (QED) is 0.746. The molecule has 0 aliphatic carbocycles. The van der Waals surface area contributed by atoms with Gasteiger partial charge in [0.25, 0.3) is 0 Å². The van der Waals surface area contributed by atoms with Gasteiger partial charge in [0.2, 0.25) is 0 Å². The van der Waals surface area contributed by atoms with Crippen LogP contribution in [0.2, 0.25) is 0 Å². The van der Waals surface area contributed by atoms with Gasteiger partial charge in [0.05, 0.1) is 0 Å². The molecule has 0 aromatic heterocycles. The summed E-state index contributed by atoms with van der Waals surface area (Å²) in [5.74, 6) is 0.915. The molecule has 0 bridgehead atoms. The van der Waals surface area contributed by atoms with Crippen LogP contribution >= 0.6 is 0 Å². The SMILES string of the molecule is C=C(COc1ccccc1)N1CCCC1. The average molecular weight is 203 g/mol. The minimum atomic E-state index is 0.601. The minimum absolute atomic E-state index is 0.601. The number of hydrogen-bond acceptors (Lipinski definition) is 2. The van der Waals surface area contributed by atoms with E-state index in [1.807, 2.05) is 30.3 Å². The highest BCUT2D eigenvalue weighted by Gasteiger charge is 2.13. The van der Waals surface area contributed by atoms with E-state index in [1.54, 1.807) is 0 Å². The van der Waals surface area contributed by atoms with Gasteiger partial charge in [-0.3, -0.25) is 0 Å². The van der Waals surface area contributed by atoms with Gasteiger partial charge in [-0.2, -0.15) is 0 Å². The number of nitrogens with zero attached hydrogens (tertiary/aromatic N) is 1. The molecule has 2 nitrogen and oxygen atoms in total. The molecule has 0 atom stereocenters. The molecule has 80 valence electrons. The van der Waals surface area contributed by atoms with Crippen LogP contribution in [0.3, 0.4) is 0 Å². The molecule has 1 aliphatic rings. The first-order valence-corrected chi connectivity index (χ1v) is 5.47. The van der Waals surface area contributed by atoms with Gasteiger partial charge in [0.1, 0.15) is 12.4 Å². The lowest BCUT2D eigenvalue weighted by molar-refractivity contribution is 0.293. The summed E-state index contributed by atoms with van der Waals surface area (Å²) in [6.07, 6.45) is 2.56. The zero-order valence-electron chi connectivity index (χ0n) is 8.98. The third-order valence-corrected chi connectivity index (χ3v) is 2.70. The zero-order chi connectivity index (χ0) is 10.5. The first kappa shape index (κ1) is 10.1. The van der Waals surface area contributed by atoms with E-state index in [0.29, 0.717) is 6.61 Å². The molecule has 2 rings (SSSR count). The Balaban J connectivity index is 1.80. The fourth-order valence-electron chi connectivity index (χ4n) is 1.81. The molecule has 0 radical (unpaired) electrons. The van der Waals surface area contributed by atoms with Gasteiger partial charge >= 0.3 is 0 Å². The summed E-state index contributed by atoms with van der Waals surface area (Å²) >= 11 is 0. The number of ether oxygens (including phenoxy) is 1. The number of para-hydroxylation sites is 1. The van der Waals surface area contributed by atoms with E-state index < -0.39 is 0 Å². The van der Waals surface area contributed by atoms with Gasteiger partial charge in [0.15, 0.2) is 0 Å². The van der Waals surface area contributed by atoms with Crippen LogP contribution in [-0.2, 0) is 0 Å². The number of benzene rings is 1. The second-order valence-electron chi connectivity index (χ2n) is 3.86. The van der Waals surface area contributed by atoms with Crippen molar-refractivity contribution in [3.63, 3.8) is 0 Å². The van der Waals surface area contributed by atoms with Crippen LogP contribution in [0.5, 0.6) is 5.75 Å². The third-order valence-electron chi connectivity index (χ3n) is 2.70. The molecule has 1 saturated heterocycles. The van der Waals surface area contributed by atoms with Crippen molar-refractivity contribution in [2.45, 2.75) is 12.8 Å². The lowest BCUT2D eigenvalue weighted by Crippen LogP contribution is -2.22. The van der Waals surface area contributed by atoms with Crippen LogP contribution in [0.1, 0.15) is 12.8 Å². The van der Waals surface area contributed by atoms with Crippen molar-refractivity contribution in [1.82, 2.24) is 4.90 Å². The van der Waals surface area contributed by atoms with E-state index in [0.717, 1.165) is 24.5 Å². The Bertz CT molecular complexity index is 315. The fraction of sp³-hybridized carbons (Fsp3) is 0.385. The van der Waals surface area contributed by atoms with Crippen molar-refractivity contribution >= 4 is 0 Å². The van der Waals surface area contributed by atoms with Crippen molar-refractivity contribution in [3.05, 3.63) is 42.6 Å². The molecule has 1 heterocycles. The summed E-state index contributed by atoms with van der Waals surface area (Å²) in [4.78, 5) is 2.31. The molecule has 1 fully saturated rings. The summed E-state index contributed by atoms with van der Waals surface area (Å²) in [5.41, 5.74) is 1.09. The highest BCUT2D eigenvalue weighted by Crippen LogP contribution is 2.15. The molecule has 1 aliphatic heterocycles. The molecule has 0 spiro atoms. The third kappa shape index (κ3) is 2.75. The predicted octanol–water partition coefficient (Wildman–Crippen LogP) is 2.67. The zero-order valence-corrected chi connectivity index (χ0v) is 8.98. The molecule has 15 heavy (non-hydrogen) atoms. The Morgan fingerprint density at radius 1 is 1.20 bits per heavy atom. The van der Waals surface area contributed by atoms with Crippen LogP contribution in [0, 0.1) is 0 Å². The molecule has 2 heteroatoms. The summed E-state index contributed by atoms with van der Waals surface area (Å²) in [6.45, 7) is 6.93. The Labute approximate surface area is 91.2 Å². The minimum Gasteiger partial charge on any atom is -0.487 e. The highest BCUT2D eigenvalue weighted by molar-refractivity contribution is 5.21. The van der Waals surface area contributed by atoms with Crippen molar-refractivity contribution in [2.75, 3.05) is 19.7 Å². The molecular formula is C13H17NO. The van der Waals surface area contributed by atoms with Crippen molar-refractivity contribution in [1.29, 1.82) is 0 Å². The smallest absolute Gasteiger partial charge is 0.127 e. The largest absolute Gasteiger partial charge is 0.487 e. The molecule has 1 aromatic rings. The van der Waals surface area contributed by atoms with E-state index in [9.17, 15) is 0 Å². The lowest BCUT2D eigenvalue weighted by atomic mass is 10.3. The Hall–Kier alpha value is -1.44. The summed E-state index contributed by atoms with van der Waals surface area (Å²) in [5, 5.41) is 0. The van der Waals surface area contributed by atoms with Gasteiger partial charge in [-0.05, 0) is 25.0 Å². The van der Waals surface area contributed by atoms with Crippen molar-refractivity contribution in [3.8, 4) is 5.75 Å². The van der Waals surface area contributed by atoms with E-state index in [2.05, 4.69) is 11.5 Å². The van der Waals surface area contributed by atoms with Crippen molar-refractivity contribution < 1.29 is 4.74 Å². The average Bonchev–Trinajstić information content (AvgIpc) is 2.81. The predicted molar refractivity (Wildman–Crippen MR) is 61.9 cm³/mol. The van der Waals surface area contributed by atoms with Crippen LogP contribution < -0.4 is 4.74 Å².